The van der Waals surface area contributed by atoms with Gasteiger partial charge in [0.15, 0.2) is 5.84 Å². The van der Waals surface area contributed by atoms with Crippen LogP contribution in [0.25, 0.3) is 0 Å². The average molecular weight is 285 g/mol. The molecule has 0 heterocycles. The summed E-state index contributed by atoms with van der Waals surface area (Å²) in [6.45, 7) is 0. The van der Waals surface area contributed by atoms with Crippen LogP contribution in [0.5, 0.6) is 5.75 Å². The number of hydrogen-bond donors (Lipinski definition) is 2. The molecule has 0 fully saturated rings. The van der Waals surface area contributed by atoms with Crippen molar-refractivity contribution >= 4 is 29.2 Å². The highest BCUT2D eigenvalue weighted by Gasteiger charge is 2.16. The van der Waals surface area contributed by atoms with Crippen molar-refractivity contribution in [2.45, 2.75) is 0 Å². The highest BCUT2D eigenvalue weighted by atomic mass is 32.1. The summed E-state index contributed by atoms with van der Waals surface area (Å²) in [4.78, 5) is 1.74. The van der Waals surface area contributed by atoms with Crippen LogP contribution in [0.1, 0.15) is 5.56 Å². The fourth-order valence-corrected chi connectivity index (χ4v) is 2.06. The molecule has 0 aromatic heterocycles. The molecule has 0 atom stereocenters. The molecule has 2 aromatic carbocycles. The predicted molar refractivity (Wildman–Crippen MR) is 86.3 cm³/mol. The Morgan fingerprint density at radius 1 is 1.15 bits per heavy atom. The zero-order chi connectivity index (χ0) is 14.4. The summed E-state index contributed by atoms with van der Waals surface area (Å²) < 4.78 is 0. The summed E-state index contributed by atoms with van der Waals surface area (Å²) in [5.41, 5.74) is 5.72. The standard InChI is InChI=1S/C15H15N3OS/c1-16-17-15(13-9-5-6-10-14(13)19)18(11-20)12-7-3-2-4-8-12/h2-11,16,19H,1H3/b17-15-. The van der Waals surface area contributed by atoms with E-state index in [0.29, 0.717) is 11.4 Å². The van der Waals surface area contributed by atoms with Gasteiger partial charge < -0.3 is 10.5 Å². The minimum absolute atomic E-state index is 0.152. The Hall–Kier alpha value is -2.40. The van der Waals surface area contributed by atoms with Crippen molar-refractivity contribution in [2.75, 3.05) is 11.9 Å². The maximum atomic E-state index is 10.0. The molecule has 2 N–H and O–H groups in total. The van der Waals surface area contributed by atoms with E-state index in [0.717, 1.165) is 5.69 Å². The Morgan fingerprint density at radius 2 is 1.80 bits per heavy atom. The third-order valence-electron chi connectivity index (χ3n) is 2.73. The SMILES string of the molecule is CN/N=C(/c1ccccc1O)N(C=S)c1ccccc1. The van der Waals surface area contributed by atoms with E-state index >= 15 is 0 Å². The number of thiocarbonyl (C=S) groups is 1. The molecule has 0 aliphatic rings. The minimum atomic E-state index is 0.152. The summed E-state index contributed by atoms with van der Waals surface area (Å²) in [7, 11) is 1.70. The first-order valence-electron chi connectivity index (χ1n) is 6.10. The summed E-state index contributed by atoms with van der Waals surface area (Å²) in [5.74, 6) is 0.686. The number of phenolic OH excluding ortho intramolecular Hbond substituents is 1. The van der Waals surface area contributed by atoms with Crippen molar-refractivity contribution < 1.29 is 5.11 Å². The van der Waals surface area contributed by atoms with Crippen LogP contribution in [0, 0.1) is 0 Å². The topological polar surface area (TPSA) is 47.9 Å². The third-order valence-corrected chi connectivity index (χ3v) is 2.94. The normalized spacial score (nSPS) is 10.9. The second kappa shape index (κ2) is 6.68. The Morgan fingerprint density at radius 3 is 2.40 bits per heavy atom. The van der Waals surface area contributed by atoms with E-state index in [1.165, 1.54) is 5.49 Å². The van der Waals surface area contributed by atoms with Crippen LogP contribution in [-0.2, 0) is 0 Å². The van der Waals surface area contributed by atoms with Crippen molar-refractivity contribution in [3.63, 3.8) is 0 Å². The number of anilines is 1. The second-order valence-electron chi connectivity index (χ2n) is 3.99. The molecule has 0 spiro atoms. The molecular weight excluding hydrogens is 270 g/mol. The van der Waals surface area contributed by atoms with Gasteiger partial charge in [0.05, 0.1) is 11.1 Å². The lowest BCUT2D eigenvalue weighted by Crippen LogP contribution is -2.31. The lowest BCUT2D eigenvalue weighted by Gasteiger charge is -2.21. The Kier molecular flexibility index (Phi) is 4.68. The number of nitrogens with one attached hydrogen (secondary N) is 1. The van der Waals surface area contributed by atoms with E-state index in [-0.39, 0.29) is 5.75 Å². The van der Waals surface area contributed by atoms with Gasteiger partial charge in [-0.05, 0) is 24.3 Å². The Balaban J connectivity index is 2.51. The largest absolute Gasteiger partial charge is 0.507 e. The Labute approximate surface area is 123 Å². The lowest BCUT2D eigenvalue weighted by atomic mass is 10.1. The van der Waals surface area contributed by atoms with Gasteiger partial charge in [0, 0.05) is 12.7 Å². The van der Waals surface area contributed by atoms with Crippen molar-refractivity contribution in [3.8, 4) is 5.75 Å². The zero-order valence-corrected chi connectivity index (χ0v) is 11.8. The van der Waals surface area contributed by atoms with E-state index in [1.54, 1.807) is 30.1 Å². The molecule has 0 radical (unpaired) electrons. The van der Waals surface area contributed by atoms with Crippen molar-refractivity contribution in [1.29, 1.82) is 0 Å². The summed E-state index contributed by atoms with van der Waals surface area (Å²) in [6.07, 6.45) is 0. The van der Waals surface area contributed by atoms with Crippen LogP contribution in [0.15, 0.2) is 59.7 Å². The molecule has 0 aliphatic heterocycles. The van der Waals surface area contributed by atoms with Crippen LogP contribution < -0.4 is 10.3 Å². The van der Waals surface area contributed by atoms with E-state index in [4.69, 9.17) is 12.2 Å². The number of hydrazone groups is 1. The van der Waals surface area contributed by atoms with Gasteiger partial charge in [0.25, 0.3) is 0 Å². The van der Waals surface area contributed by atoms with Gasteiger partial charge in [0.1, 0.15) is 5.75 Å². The molecule has 0 saturated carbocycles. The first-order chi connectivity index (χ1) is 9.77. The van der Waals surface area contributed by atoms with Crippen molar-refractivity contribution in [1.82, 2.24) is 5.43 Å². The summed E-state index contributed by atoms with van der Waals surface area (Å²) in [5, 5.41) is 14.3. The van der Waals surface area contributed by atoms with E-state index < -0.39 is 0 Å². The zero-order valence-electron chi connectivity index (χ0n) is 11.0. The maximum Gasteiger partial charge on any atom is 0.168 e. The number of benzene rings is 2. The molecule has 0 aliphatic carbocycles. The number of nitrogens with zero attached hydrogens (tertiary/aromatic N) is 2. The van der Waals surface area contributed by atoms with E-state index in [1.807, 2.05) is 36.4 Å². The van der Waals surface area contributed by atoms with Crippen LogP contribution in [0.2, 0.25) is 0 Å². The summed E-state index contributed by atoms with van der Waals surface area (Å²) >= 11 is 5.10. The van der Waals surface area contributed by atoms with Gasteiger partial charge in [-0.2, -0.15) is 5.10 Å². The maximum absolute atomic E-state index is 10.0. The van der Waals surface area contributed by atoms with Gasteiger partial charge >= 0.3 is 0 Å². The predicted octanol–water partition coefficient (Wildman–Crippen LogP) is 2.74. The quantitative estimate of drug-likeness (QED) is 0.392. The number of para-hydroxylation sites is 2. The molecule has 2 rings (SSSR count). The lowest BCUT2D eigenvalue weighted by molar-refractivity contribution is 0.474. The van der Waals surface area contributed by atoms with Gasteiger partial charge in [-0.3, -0.25) is 4.90 Å². The van der Waals surface area contributed by atoms with Crippen molar-refractivity contribution in [3.05, 3.63) is 60.2 Å². The first-order valence-corrected chi connectivity index (χ1v) is 6.57. The number of phenols is 1. The molecule has 0 saturated heterocycles. The molecule has 4 nitrogen and oxygen atoms in total. The monoisotopic (exact) mass is 285 g/mol. The van der Waals surface area contributed by atoms with Gasteiger partial charge in [-0.1, -0.05) is 42.5 Å². The highest BCUT2D eigenvalue weighted by molar-refractivity contribution is 7.79. The van der Waals surface area contributed by atoms with Crippen LogP contribution in [0.4, 0.5) is 5.69 Å². The van der Waals surface area contributed by atoms with Crippen molar-refractivity contribution in [2.24, 2.45) is 5.10 Å². The molecule has 0 amide bonds. The van der Waals surface area contributed by atoms with Crippen LogP contribution in [-0.4, -0.2) is 23.5 Å². The average Bonchev–Trinajstić information content (AvgIpc) is 2.49. The van der Waals surface area contributed by atoms with Gasteiger partial charge in [-0.15, -0.1) is 0 Å². The van der Waals surface area contributed by atoms with Gasteiger partial charge in [-0.25, -0.2) is 0 Å². The first kappa shape index (κ1) is 14.0. The van der Waals surface area contributed by atoms with Crippen LogP contribution >= 0.6 is 12.2 Å². The number of hydrogen-bond acceptors (Lipinski definition) is 4. The fraction of sp³-hybridized carbons (Fsp3) is 0.0667. The molecule has 0 unspecified atom stereocenters. The van der Waals surface area contributed by atoms with E-state index in [9.17, 15) is 5.11 Å². The minimum Gasteiger partial charge on any atom is -0.507 e. The molecule has 0 bridgehead atoms. The fourth-order valence-electron chi connectivity index (χ4n) is 1.83. The molecule has 5 heteroatoms. The molecule has 102 valence electrons. The Bertz CT molecular complexity index is 614. The smallest absolute Gasteiger partial charge is 0.168 e. The number of aromatic hydroxyl groups is 1. The third kappa shape index (κ3) is 2.95. The molecular formula is C15H15N3OS. The summed E-state index contributed by atoms with van der Waals surface area (Å²) in [6, 6.07) is 16.6. The second-order valence-corrected chi connectivity index (χ2v) is 4.20. The van der Waals surface area contributed by atoms with Gasteiger partial charge in [0.2, 0.25) is 0 Å². The van der Waals surface area contributed by atoms with E-state index in [2.05, 4.69) is 10.5 Å². The molecule has 20 heavy (non-hydrogen) atoms. The van der Waals surface area contributed by atoms with Crippen LogP contribution in [0.3, 0.4) is 0 Å². The number of amidine groups is 1. The molecule has 2 aromatic rings. The number of rotatable bonds is 4. The highest BCUT2D eigenvalue weighted by Crippen LogP contribution is 2.22.